The van der Waals surface area contributed by atoms with Crippen LogP contribution in [0.5, 0.6) is 11.5 Å². The third-order valence-electron chi connectivity index (χ3n) is 2.98. The van der Waals surface area contributed by atoms with Crippen LogP contribution in [0.15, 0.2) is 47.6 Å². The summed E-state index contributed by atoms with van der Waals surface area (Å²) in [6.07, 6.45) is 1.49. The van der Waals surface area contributed by atoms with Gasteiger partial charge in [-0.3, -0.25) is 4.79 Å². The first-order chi connectivity index (χ1) is 11.6. The highest BCUT2D eigenvalue weighted by Crippen LogP contribution is 2.26. The maximum absolute atomic E-state index is 11.7. The van der Waals surface area contributed by atoms with Crippen molar-refractivity contribution in [2.75, 3.05) is 18.5 Å². The van der Waals surface area contributed by atoms with Gasteiger partial charge in [0.15, 0.2) is 11.5 Å². The van der Waals surface area contributed by atoms with Crippen molar-refractivity contribution in [3.8, 4) is 11.5 Å². The van der Waals surface area contributed by atoms with E-state index in [4.69, 9.17) is 4.74 Å². The minimum Gasteiger partial charge on any atom is -0.504 e. The number of phenols is 1. The van der Waals surface area contributed by atoms with Crippen LogP contribution in [-0.2, 0) is 4.79 Å². The number of hydrogen-bond acceptors (Lipinski definition) is 5. The van der Waals surface area contributed by atoms with Crippen LogP contribution in [-0.4, -0.2) is 30.4 Å². The van der Waals surface area contributed by atoms with Crippen molar-refractivity contribution in [1.29, 1.82) is 0 Å². The summed E-state index contributed by atoms with van der Waals surface area (Å²) in [5, 5.41) is 16.5. The van der Waals surface area contributed by atoms with E-state index in [-0.39, 0.29) is 18.2 Å². The number of phenolic OH excluding ortho intramolecular Hbond substituents is 1. The summed E-state index contributed by atoms with van der Waals surface area (Å²) in [7, 11) is 0. The van der Waals surface area contributed by atoms with Gasteiger partial charge in [-0.2, -0.15) is 5.10 Å². The third-order valence-corrected chi connectivity index (χ3v) is 3.70. The highest BCUT2D eigenvalue weighted by molar-refractivity contribution is 14.1. The fourth-order valence-corrected chi connectivity index (χ4v) is 2.21. The Morgan fingerprint density at radius 2 is 2.04 bits per heavy atom. The minimum absolute atomic E-state index is 0.0692. The highest BCUT2D eigenvalue weighted by atomic mass is 127. The van der Waals surface area contributed by atoms with E-state index in [1.165, 1.54) is 12.3 Å². The molecule has 6 nitrogen and oxygen atoms in total. The van der Waals surface area contributed by atoms with Crippen LogP contribution >= 0.6 is 22.6 Å². The van der Waals surface area contributed by atoms with E-state index in [2.05, 4.69) is 38.4 Å². The first-order valence-electron chi connectivity index (χ1n) is 7.35. The predicted octanol–water partition coefficient (Wildman–Crippen LogP) is 2.96. The third kappa shape index (κ3) is 5.73. The summed E-state index contributed by atoms with van der Waals surface area (Å²) in [5.74, 6) is 0.196. The fourth-order valence-electron chi connectivity index (χ4n) is 1.85. The summed E-state index contributed by atoms with van der Waals surface area (Å²) in [6.45, 7) is 2.41. The molecule has 0 atom stereocenters. The number of carbonyl (C=O) groups is 1. The number of halogens is 1. The Morgan fingerprint density at radius 1 is 1.29 bits per heavy atom. The standard InChI is InChI=1S/C17H18IN3O3/c1-2-24-16-9-12(3-8-15(16)22)10-20-21-17(23)11-19-14-6-4-13(18)5-7-14/h3-10,19,22H,2,11H2,1H3,(H,21,23)/b20-10-. The molecular formula is C17H18IN3O3. The average Bonchev–Trinajstić information content (AvgIpc) is 2.57. The molecule has 0 heterocycles. The molecule has 2 aromatic rings. The van der Waals surface area contributed by atoms with Gasteiger partial charge in [0.05, 0.1) is 19.4 Å². The SMILES string of the molecule is CCOc1cc(/C=N\NC(=O)CNc2ccc(I)cc2)ccc1O. The van der Waals surface area contributed by atoms with Crippen molar-refractivity contribution in [3.05, 3.63) is 51.6 Å². The van der Waals surface area contributed by atoms with Crippen LogP contribution < -0.4 is 15.5 Å². The number of nitrogens with one attached hydrogen (secondary N) is 2. The predicted molar refractivity (Wildman–Crippen MR) is 103 cm³/mol. The molecule has 0 spiro atoms. The lowest BCUT2D eigenvalue weighted by Crippen LogP contribution is -2.25. The Morgan fingerprint density at radius 3 is 2.75 bits per heavy atom. The number of hydrazone groups is 1. The minimum atomic E-state index is -0.256. The Hall–Kier alpha value is -2.29. The van der Waals surface area contributed by atoms with Crippen molar-refractivity contribution in [3.63, 3.8) is 0 Å². The van der Waals surface area contributed by atoms with E-state index in [0.29, 0.717) is 17.9 Å². The van der Waals surface area contributed by atoms with Gasteiger partial charge in [0.1, 0.15) is 0 Å². The van der Waals surface area contributed by atoms with Crippen LogP contribution in [0.2, 0.25) is 0 Å². The molecule has 2 aromatic carbocycles. The van der Waals surface area contributed by atoms with E-state index in [1.54, 1.807) is 12.1 Å². The van der Waals surface area contributed by atoms with Gasteiger partial charge in [0, 0.05) is 9.26 Å². The van der Waals surface area contributed by atoms with E-state index < -0.39 is 0 Å². The molecule has 24 heavy (non-hydrogen) atoms. The summed E-state index contributed by atoms with van der Waals surface area (Å²) < 4.78 is 6.42. The van der Waals surface area contributed by atoms with Crippen molar-refractivity contribution >= 4 is 40.4 Å². The second-order valence-electron chi connectivity index (χ2n) is 4.81. The lowest BCUT2D eigenvalue weighted by Gasteiger charge is -2.06. The Bertz CT molecular complexity index is 718. The highest BCUT2D eigenvalue weighted by Gasteiger charge is 2.03. The molecule has 0 radical (unpaired) electrons. The second-order valence-corrected chi connectivity index (χ2v) is 6.06. The van der Waals surface area contributed by atoms with Crippen LogP contribution in [0.25, 0.3) is 0 Å². The summed E-state index contributed by atoms with van der Waals surface area (Å²) in [4.78, 5) is 11.7. The quantitative estimate of drug-likeness (QED) is 0.352. The smallest absolute Gasteiger partial charge is 0.259 e. The first kappa shape index (κ1) is 18.1. The zero-order valence-corrected chi connectivity index (χ0v) is 15.3. The van der Waals surface area contributed by atoms with Crippen molar-refractivity contribution in [2.24, 2.45) is 5.10 Å². The summed E-state index contributed by atoms with van der Waals surface area (Å²) in [6, 6.07) is 12.6. The average molecular weight is 439 g/mol. The van der Waals surface area contributed by atoms with Crippen molar-refractivity contribution in [2.45, 2.75) is 6.92 Å². The van der Waals surface area contributed by atoms with E-state index in [0.717, 1.165) is 9.26 Å². The Balaban J connectivity index is 1.83. The molecule has 126 valence electrons. The molecule has 0 aliphatic rings. The molecule has 0 fully saturated rings. The van der Waals surface area contributed by atoms with Gasteiger partial charge in [0.2, 0.25) is 0 Å². The van der Waals surface area contributed by atoms with Gasteiger partial charge in [-0.1, -0.05) is 0 Å². The fraction of sp³-hybridized carbons (Fsp3) is 0.176. The number of aromatic hydroxyl groups is 1. The van der Waals surface area contributed by atoms with Crippen molar-refractivity contribution in [1.82, 2.24) is 5.43 Å². The number of anilines is 1. The monoisotopic (exact) mass is 439 g/mol. The number of hydrogen-bond donors (Lipinski definition) is 3. The molecule has 1 amide bonds. The van der Waals surface area contributed by atoms with E-state index >= 15 is 0 Å². The molecule has 0 saturated heterocycles. The van der Waals surface area contributed by atoms with E-state index in [9.17, 15) is 9.90 Å². The van der Waals surface area contributed by atoms with Crippen LogP contribution in [0.3, 0.4) is 0 Å². The molecule has 0 unspecified atom stereocenters. The summed E-state index contributed by atoms with van der Waals surface area (Å²) in [5.41, 5.74) is 4.02. The van der Waals surface area contributed by atoms with Crippen LogP contribution in [0.1, 0.15) is 12.5 Å². The van der Waals surface area contributed by atoms with E-state index in [1.807, 2.05) is 31.2 Å². The van der Waals surface area contributed by atoms with Crippen LogP contribution in [0.4, 0.5) is 5.69 Å². The van der Waals surface area contributed by atoms with Gasteiger partial charge < -0.3 is 15.2 Å². The topological polar surface area (TPSA) is 83.0 Å². The molecular weight excluding hydrogens is 421 g/mol. The molecule has 0 saturated carbocycles. The largest absolute Gasteiger partial charge is 0.504 e. The number of benzene rings is 2. The Kier molecular flexibility index (Phi) is 6.86. The Labute approximate surface area is 154 Å². The number of rotatable bonds is 7. The molecule has 0 aliphatic heterocycles. The lowest BCUT2D eigenvalue weighted by atomic mass is 10.2. The number of ether oxygens (including phenoxy) is 1. The first-order valence-corrected chi connectivity index (χ1v) is 8.43. The maximum Gasteiger partial charge on any atom is 0.259 e. The van der Waals surface area contributed by atoms with Gasteiger partial charge in [-0.05, 0) is 77.5 Å². The molecule has 0 aromatic heterocycles. The molecule has 7 heteroatoms. The zero-order valence-electron chi connectivity index (χ0n) is 13.1. The molecule has 2 rings (SSSR count). The number of carbonyl (C=O) groups excluding carboxylic acids is 1. The van der Waals surface area contributed by atoms with Gasteiger partial charge in [0.25, 0.3) is 5.91 Å². The van der Waals surface area contributed by atoms with Gasteiger partial charge in [-0.25, -0.2) is 5.43 Å². The zero-order chi connectivity index (χ0) is 17.4. The molecule has 0 bridgehead atoms. The van der Waals surface area contributed by atoms with Gasteiger partial charge >= 0.3 is 0 Å². The van der Waals surface area contributed by atoms with Crippen molar-refractivity contribution < 1.29 is 14.6 Å². The summed E-state index contributed by atoms with van der Waals surface area (Å²) >= 11 is 2.22. The van der Waals surface area contributed by atoms with Crippen LogP contribution in [0, 0.1) is 3.57 Å². The number of amides is 1. The second kappa shape index (κ2) is 9.11. The normalized spacial score (nSPS) is 10.6. The number of nitrogens with zero attached hydrogens (tertiary/aromatic N) is 1. The molecule has 0 aliphatic carbocycles. The molecule has 3 N–H and O–H groups in total. The lowest BCUT2D eigenvalue weighted by molar-refractivity contribution is -0.119. The maximum atomic E-state index is 11.7. The van der Waals surface area contributed by atoms with Gasteiger partial charge in [-0.15, -0.1) is 0 Å².